The highest BCUT2D eigenvalue weighted by Gasteiger charge is 2.21. The minimum Gasteiger partial charge on any atom is -0.339 e. The highest BCUT2D eigenvalue weighted by Crippen LogP contribution is 2.17. The van der Waals surface area contributed by atoms with Gasteiger partial charge >= 0.3 is 6.03 Å². The van der Waals surface area contributed by atoms with Crippen LogP contribution in [0.3, 0.4) is 0 Å². The second kappa shape index (κ2) is 8.22. The second-order valence-corrected chi connectivity index (χ2v) is 5.98. The monoisotopic (exact) mass is 296 g/mol. The molecule has 6 nitrogen and oxygen atoms in total. The molecule has 120 valence electrons. The van der Waals surface area contributed by atoms with E-state index in [2.05, 4.69) is 22.5 Å². The molecule has 0 atom stereocenters. The van der Waals surface area contributed by atoms with Crippen molar-refractivity contribution in [1.29, 1.82) is 0 Å². The molecule has 2 fully saturated rings. The fourth-order valence-corrected chi connectivity index (χ4v) is 3.06. The van der Waals surface area contributed by atoms with Gasteiger partial charge in [-0.1, -0.05) is 26.2 Å². The lowest BCUT2D eigenvalue weighted by Gasteiger charge is -2.34. The van der Waals surface area contributed by atoms with Crippen LogP contribution in [0.4, 0.5) is 4.79 Å². The van der Waals surface area contributed by atoms with E-state index < -0.39 is 0 Å². The molecule has 0 aromatic rings. The fraction of sp³-hybridized carbons (Fsp3) is 0.867. The molecule has 1 saturated heterocycles. The molecule has 3 amide bonds. The van der Waals surface area contributed by atoms with Gasteiger partial charge in [0.05, 0.1) is 6.54 Å². The second-order valence-electron chi connectivity index (χ2n) is 5.98. The Labute approximate surface area is 127 Å². The normalized spacial score (nSPS) is 21.1. The van der Waals surface area contributed by atoms with Crippen LogP contribution in [0, 0.1) is 0 Å². The van der Waals surface area contributed by atoms with E-state index in [0.717, 1.165) is 45.6 Å². The predicted molar refractivity (Wildman–Crippen MR) is 82.1 cm³/mol. The Morgan fingerprint density at radius 3 is 2.33 bits per heavy atom. The largest absolute Gasteiger partial charge is 0.339 e. The van der Waals surface area contributed by atoms with Gasteiger partial charge in [-0.2, -0.15) is 0 Å². The minimum atomic E-state index is -0.206. The number of carbonyl (C=O) groups excluding carboxylic acids is 2. The summed E-state index contributed by atoms with van der Waals surface area (Å²) in [5.74, 6) is 0.0181. The van der Waals surface area contributed by atoms with Crippen LogP contribution < -0.4 is 10.6 Å². The fourth-order valence-electron chi connectivity index (χ4n) is 3.06. The average molecular weight is 296 g/mol. The third-order valence-corrected chi connectivity index (χ3v) is 4.51. The van der Waals surface area contributed by atoms with Crippen molar-refractivity contribution >= 4 is 11.9 Å². The maximum atomic E-state index is 12.1. The van der Waals surface area contributed by atoms with Crippen molar-refractivity contribution in [1.82, 2.24) is 20.4 Å². The molecule has 2 N–H and O–H groups in total. The van der Waals surface area contributed by atoms with E-state index in [4.69, 9.17) is 0 Å². The predicted octanol–water partition coefficient (Wildman–Crippen LogP) is 0.782. The molecule has 1 saturated carbocycles. The first-order chi connectivity index (χ1) is 10.2. The van der Waals surface area contributed by atoms with E-state index >= 15 is 0 Å². The Balaban J connectivity index is 1.63. The Morgan fingerprint density at radius 2 is 1.71 bits per heavy atom. The molecule has 1 aliphatic carbocycles. The number of amides is 3. The van der Waals surface area contributed by atoms with Gasteiger partial charge in [-0.25, -0.2) is 4.79 Å². The first kappa shape index (κ1) is 16.1. The van der Waals surface area contributed by atoms with Gasteiger partial charge in [0.15, 0.2) is 0 Å². The molecule has 0 aromatic heterocycles. The van der Waals surface area contributed by atoms with Gasteiger partial charge in [0.25, 0.3) is 0 Å². The molecular weight excluding hydrogens is 268 g/mol. The first-order valence-corrected chi connectivity index (χ1v) is 8.23. The highest BCUT2D eigenvalue weighted by atomic mass is 16.2. The van der Waals surface area contributed by atoms with Crippen LogP contribution in [-0.2, 0) is 4.79 Å². The van der Waals surface area contributed by atoms with Crippen LogP contribution in [-0.4, -0.2) is 67.0 Å². The van der Waals surface area contributed by atoms with Crippen LogP contribution >= 0.6 is 0 Å². The van der Waals surface area contributed by atoms with Crippen molar-refractivity contribution in [2.45, 2.75) is 45.1 Å². The van der Waals surface area contributed by atoms with Crippen molar-refractivity contribution in [2.75, 3.05) is 39.3 Å². The van der Waals surface area contributed by atoms with E-state index in [1.54, 1.807) is 0 Å². The number of carbonyl (C=O) groups is 2. The summed E-state index contributed by atoms with van der Waals surface area (Å²) in [5.41, 5.74) is 0. The molecule has 1 aliphatic heterocycles. The summed E-state index contributed by atoms with van der Waals surface area (Å²) in [4.78, 5) is 28.0. The van der Waals surface area contributed by atoms with E-state index in [1.165, 1.54) is 19.3 Å². The lowest BCUT2D eigenvalue weighted by molar-refractivity contribution is -0.131. The smallest absolute Gasteiger partial charge is 0.315 e. The SMILES string of the molecule is CCN1CCN(C(=O)CNC(=O)NC2CCCCC2)CC1. The Kier molecular flexibility index (Phi) is 6.29. The topological polar surface area (TPSA) is 64.7 Å². The van der Waals surface area contributed by atoms with Crippen molar-refractivity contribution < 1.29 is 9.59 Å². The number of hydrogen-bond donors (Lipinski definition) is 2. The molecule has 2 rings (SSSR count). The van der Waals surface area contributed by atoms with Crippen molar-refractivity contribution in [2.24, 2.45) is 0 Å². The molecule has 0 bridgehead atoms. The summed E-state index contributed by atoms with van der Waals surface area (Å²) >= 11 is 0. The summed E-state index contributed by atoms with van der Waals surface area (Å²) in [5, 5.41) is 5.66. The van der Waals surface area contributed by atoms with Crippen LogP contribution in [0.1, 0.15) is 39.0 Å². The molecule has 1 heterocycles. The van der Waals surface area contributed by atoms with E-state index in [0.29, 0.717) is 0 Å². The summed E-state index contributed by atoms with van der Waals surface area (Å²) in [7, 11) is 0. The van der Waals surface area contributed by atoms with Crippen molar-refractivity contribution in [3.63, 3.8) is 0 Å². The van der Waals surface area contributed by atoms with Crippen molar-refractivity contribution in [3.05, 3.63) is 0 Å². The van der Waals surface area contributed by atoms with E-state index in [9.17, 15) is 9.59 Å². The van der Waals surface area contributed by atoms with Gasteiger partial charge in [-0.15, -0.1) is 0 Å². The molecule has 6 heteroatoms. The van der Waals surface area contributed by atoms with Gasteiger partial charge in [0.2, 0.25) is 5.91 Å². The molecule has 2 aliphatic rings. The summed E-state index contributed by atoms with van der Waals surface area (Å²) < 4.78 is 0. The third kappa shape index (κ3) is 5.19. The summed E-state index contributed by atoms with van der Waals surface area (Å²) in [6.45, 7) is 6.65. The van der Waals surface area contributed by atoms with Gasteiger partial charge in [0, 0.05) is 32.2 Å². The molecule has 0 aromatic carbocycles. The Morgan fingerprint density at radius 1 is 1.05 bits per heavy atom. The zero-order chi connectivity index (χ0) is 15.1. The van der Waals surface area contributed by atoms with Crippen LogP contribution in [0.15, 0.2) is 0 Å². The van der Waals surface area contributed by atoms with E-state index in [1.807, 2.05) is 4.90 Å². The molecule has 0 spiro atoms. The number of nitrogens with one attached hydrogen (secondary N) is 2. The molecule has 0 radical (unpaired) electrons. The first-order valence-electron chi connectivity index (χ1n) is 8.23. The quantitative estimate of drug-likeness (QED) is 0.806. The number of urea groups is 1. The number of likely N-dealkylation sites (N-methyl/N-ethyl adjacent to an activating group) is 1. The summed E-state index contributed by atoms with van der Waals surface area (Å²) in [6.07, 6.45) is 5.75. The molecular formula is C15H28N4O2. The third-order valence-electron chi connectivity index (χ3n) is 4.51. The maximum Gasteiger partial charge on any atom is 0.315 e. The number of hydrogen-bond acceptors (Lipinski definition) is 3. The molecule has 21 heavy (non-hydrogen) atoms. The standard InChI is InChI=1S/C15H28N4O2/c1-2-18-8-10-19(11-9-18)14(20)12-16-15(21)17-13-6-4-3-5-7-13/h13H,2-12H2,1H3,(H2,16,17,21). The average Bonchev–Trinajstić information content (AvgIpc) is 2.53. The minimum absolute atomic E-state index is 0.0181. The van der Waals surface area contributed by atoms with Gasteiger partial charge in [-0.3, -0.25) is 4.79 Å². The van der Waals surface area contributed by atoms with Gasteiger partial charge < -0.3 is 20.4 Å². The molecule has 0 unspecified atom stereocenters. The zero-order valence-corrected chi connectivity index (χ0v) is 13.1. The number of rotatable bonds is 4. The lowest BCUT2D eigenvalue weighted by Crippen LogP contribution is -2.52. The Bertz CT molecular complexity index is 348. The summed E-state index contributed by atoms with van der Waals surface area (Å²) in [6, 6.07) is 0.0735. The van der Waals surface area contributed by atoms with Gasteiger partial charge in [-0.05, 0) is 19.4 Å². The number of nitrogens with zero attached hydrogens (tertiary/aromatic N) is 2. The van der Waals surface area contributed by atoms with Gasteiger partial charge in [0.1, 0.15) is 0 Å². The van der Waals surface area contributed by atoms with Crippen LogP contribution in [0.2, 0.25) is 0 Å². The van der Waals surface area contributed by atoms with E-state index in [-0.39, 0.29) is 24.5 Å². The van der Waals surface area contributed by atoms with Crippen LogP contribution in [0.5, 0.6) is 0 Å². The Hall–Kier alpha value is -1.30. The highest BCUT2D eigenvalue weighted by molar-refractivity contribution is 5.84. The lowest BCUT2D eigenvalue weighted by atomic mass is 9.96. The van der Waals surface area contributed by atoms with Crippen LogP contribution in [0.25, 0.3) is 0 Å². The van der Waals surface area contributed by atoms with Crippen molar-refractivity contribution in [3.8, 4) is 0 Å². The zero-order valence-electron chi connectivity index (χ0n) is 13.1. The number of piperazine rings is 1. The maximum absolute atomic E-state index is 12.1.